The molecule has 0 aliphatic rings. The first kappa shape index (κ1) is 23.6. The first-order valence-corrected chi connectivity index (χ1v) is 13.4. The third-order valence-electron chi connectivity index (χ3n) is 4.88. The molecule has 0 spiro atoms. The van der Waals surface area contributed by atoms with Crippen LogP contribution in [-0.4, -0.2) is 21.4 Å². The third kappa shape index (κ3) is 6.02. The van der Waals surface area contributed by atoms with Crippen LogP contribution in [0.1, 0.15) is 42.8 Å². The highest BCUT2D eigenvalue weighted by Gasteiger charge is 2.23. The van der Waals surface area contributed by atoms with Gasteiger partial charge in [-0.15, -0.1) is 11.3 Å². The molecule has 0 amide bonds. The molecule has 9 heteroatoms. The lowest BCUT2D eigenvalue weighted by molar-refractivity contribution is 0.483. The maximum atomic E-state index is 13.0. The molecular weight excluding hydrogens is 454 g/mol. The van der Waals surface area contributed by atoms with E-state index in [1.165, 1.54) is 16.9 Å². The molecule has 166 valence electrons. The van der Waals surface area contributed by atoms with E-state index in [0.29, 0.717) is 6.42 Å². The smallest absolute Gasteiger partial charge is 0.282 e. The Labute approximate surface area is 187 Å². The van der Waals surface area contributed by atoms with Gasteiger partial charge in [-0.05, 0) is 58.7 Å². The van der Waals surface area contributed by atoms with Crippen LogP contribution in [-0.2, 0) is 32.0 Å². The summed E-state index contributed by atoms with van der Waals surface area (Å²) < 4.78 is 60.2. The summed E-state index contributed by atoms with van der Waals surface area (Å²) in [4.78, 5) is 0.433. The first-order valence-electron chi connectivity index (χ1n) is 9.59. The highest BCUT2D eigenvalue weighted by molar-refractivity contribution is 7.89. The zero-order valence-electron chi connectivity index (χ0n) is 17.4. The van der Waals surface area contributed by atoms with Crippen molar-refractivity contribution in [2.24, 2.45) is 0 Å². The minimum Gasteiger partial charge on any atom is -0.282 e. The molecule has 0 aliphatic carbocycles. The van der Waals surface area contributed by atoms with Gasteiger partial charge in [-0.1, -0.05) is 51.1 Å². The average Bonchev–Trinajstić information content (AvgIpc) is 3.21. The fraction of sp³-hybridized carbons (Fsp3) is 0.273. The summed E-state index contributed by atoms with van der Waals surface area (Å²) in [5.74, 6) is 0. The second-order valence-corrected chi connectivity index (χ2v) is 12.4. The van der Waals surface area contributed by atoms with Crippen LogP contribution in [0.15, 0.2) is 75.8 Å². The predicted molar refractivity (Wildman–Crippen MR) is 122 cm³/mol. The number of sulfonamides is 1. The molecule has 3 rings (SSSR count). The number of thiophene rings is 1. The van der Waals surface area contributed by atoms with E-state index in [0.717, 1.165) is 34.7 Å². The van der Waals surface area contributed by atoms with E-state index in [-0.39, 0.29) is 15.2 Å². The van der Waals surface area contributed by atoms with Gasteiger partial charge in [0.1, 0.15) is 0 Å². The number of benzene rings is 2. The Balaban J connectivity index is 1.86. The van der Waals surface area contributed by atoms with Gasteiger partial charge in [0.25, 0.3) is 10.1 Å². The van der Waals surface area contributed by atoms with Crippen molar-refractivity contribution in [3.05, 3.63) is 82.0 Å². The van der Waals surface area contributed by atoms with E-state index in [9.17, 15) is 16.8 Å². The fourth-order valence-electron chi connectivity index (χ4n) is 3.11. The summed E-state index contributed by atoms with van der Waals surface area (Å²) in [6.07, 6.45) is 0.466. The van der Waals surface area contributed by atoms with Gasteiger partial charge in [-0.2, -0.15) is 8.42 Å². The molecule has 0 saturated carbocycles. The number of rotatable bonds is 7. The number of nitrogens with one attached hydrogen (secondary N) is 1. The molecule has 2 N–H and O–H groups in total. The standard InChI is InChI=1S/C22H25NO5S3/c1-22(2,3)17-8-6-16(7-9-17)15-20(21-5-4-14-29-21)23-30(24,25)18-10-12-19(13-11-18)31(26,27)28/h4-14,20,23H,15H2,1-3H3,(H,26,27,28). The Morgan fingerprint density at radius 3 is 1.97 bits per heavy atom. The Hall–Kier alpha value is -2.04. The minimum atomic E-state index is -4.39. The van der Waals surface area contributed by atoms with Crippen molar-refractivity contribution < 1.29 is 21.4 Å². The van der Waals surface area contributed by atoms with Gasteiger partial charge < -0.3 is 0 Å². The van der Waals surface area contributed by atoms with Crippen LogP contribution in [0.3, 0.4) is 0 Å². The second-order valence-electron chi connectivity index (χ2n) is 8.29. The molecule has 1 aromatic heterocycles. The second kappa shape index (κ2) is 8.84. The van der Waals surface area contributed by atoms with E-state index in [1.807, 2.05) is 29.6 Å². The molecule has 0 aliphatic heterocycles. The SMILES string of the molecule is CC(C)(C)c1ccc(CC(NS(=O)(=O)c2ccc(S(=O)(=O)O)cc2)c2cccs2)cc1. The van der Waals surface area contributed by atoms with E-state index >= 15 is 0 Å². The third-order valence-corrected chi connectivity index (χ3v) is 8.22. The first-order chi connectivity index (χ1) is 14.4. The summed E-state index contributed by atoms with van der Waals surface area (Å²) >= 11 is 1.46. The molecule has 0 radical (unpaired) electrons. The van der Waals surface area contributed by atoms with E-state index in [4.69, 9.17) is 4.55 Å². The van der Waals surface area contributed by atoms with Crippen LogP contribution < -0.4 is 4.72 Å². The van der Waals surface area contributed by atoms with Crippen molar-refractivity contribution in [2.75, 3.05) is 0 Å². The summed E-state index contributed by atoms with van der Waals surface area (Å²) in [6, 6.07) is 15.9. The summed E-state index contributed by atoms with van der Waals surface area (Å²) in [7, 11) is -8.31. The molecule has 6 nitrogen and oxygen atoms in total. The van der Waals surface area contributed by atoms with E-state index in [2.05, 4.69) is 37.6 Å². The van der Waals surface area contributed by atoms with Gasteiger partial charge in [-0.3, -0.25) is 4.55 Å². The molecule has 0 saturated heterocycles. The van der Waals surface area contributed by atoms with Crippen molar-refractivity contribution in [3.8, 4) is 0 Å². The largest absolute Gasteiger partial charge is 0.294 e. The van der Waals surface area contributed by atoms with Crippen LogP contribution in [0.25, 0.3) is 0 Å². The quantitative estimate of drug-likeness (QED) is 0.484. The summed E-state index contributed by atoms with van der Waals surface area (Å²) in [5.41, 5.74) is 2.22. The molecule has 31 heavy (non-hydrogen) atoms. The van der Waals surface area contributed by atoms with Gasteiger partial charge in [0, 0.05) is 4.88 Å². The van der Waals surface area contributed by atoms with Crippen LogP contribution in [0, 0.1) is 0 Å². The number of hydrogen-bond acceptors (Lipinski definition) is 5. The van der Waals surface area contributed by atoms with Crippen LogP contribution in [0.2, 0.25) is 0 Å². The van der Waals surface area contributed by atoms with Gasteiger partial charge in [0.2, 0.25) is 10.0 Å². The lowest BCUT2D eigenvalue weighted by Crippen LogP contribution is -2.29. The topological polar surface area (TPSA) is 101 Å². The van der Waals surface area contributed by atoms with E-state index in [1.54, 1.807) is 0 Å². The van der Waals surface area contributed by atoms with Crippen molar-refractivity contribution in [3.63, 3.8) is 0 Å². The summed E-state index contributed by atoms with van der Waals surface area (Å²) in [5, 5.41) is 1.89. The Morgan fingerprint density at radius 1 is 0.903 bits per heavy atom. The van der Waals surface area contributed by atoms with Crippen LogP contribution in [0.4, 0.5) is 0 Å². The van der Waals surface area contributed by atoms with Gasteiger partial charge in [0.15, 0.2) is 0 Å². The van der Waals surface area contributed by atoms with Crippen LogP contribution >= 0.6 is 11.3 Å². The molecule has 1 unspecified atom stereocenters. The van der Waals surface area contributed by atoms with Gasteiger partial charge in [0.05, 0.1) is 15.8 Å². The van der Waals surface area contributed by atoms with E-state index < -0.39 is 26.2 Å². The Bertz CT molecular complexity index is 1220. The normalized spacial score (nSPS) is 13.8. The van der Waals surface area contributed by atoms with Crippen molar-refractivity contribution in [1.82, 2.24) is 4.72 Å². The molecule has 2 aromatic carbocycles. The fourth-order valence-corrected chi connectivity index (χ4v) is 5.66. The molecule has 3 aromatic rings. The maximum Gasteiger partial charge on any atom is 0.294 e. The monoisotopic (exact) mass is 479 g/mol. The molecule has 1 heterocycles. The van der Waals surface area contributed by atoms with Crippen molar-refractivity contribution >= 4 is 31.5 Å². The van der Waals surface area contributed by atoms with Crippen LogP contribution in [0.5, 0.6) is 0 Å². The zero-order valence-corrected chi connectivity index (χ0v) is 19.9. The zero-order chi connectivity index (χ0) is 22.9. The average molecular weight is 480 g/mol. The van der Waals surface area contributed by atoms with Gasteiger partial charge >= 0.3 is 0 Å². The minimum absolute atomic E-state index is 0.0293. The number of hydrogen-bond donors (Lipinski definition) is 2. The molecular formula is C22H25NO5S3. The predicted octanol–water partition coefficient (Wildman–Crippen LogP) is 4.55. The molecule has 0 fully saturated rings. The Kier molecular flexibility index (Phi) is 6.73. The lowest BCUT2D eigenvalue weighted by atomic mass is 9.86. The highest BCUT2D eigenvalue weighted by atomic mass is 32.2. The Morgan fingerprint density at radius 2 is 1.48 bits per heavy atom. The molecule has 0 bridgehead atoms. The summed E-state index contributed by atoms with van der Waals surface area (Å²) in [6.45, 7) is 6.41. The molecule has 1 atom stereocenters. The highest BCUT2D eigenvalue weighted by Crippen LogP contribution is 2.27. The van der Waals surface area contributed by atoms with Crippen molar-refractivity contribution in [2.45, 2.75) is 48.4 Å². The lowest BCUT2D eigenvalue weighted by Gasteiger charge is -2.21. The van der Waals surface area contributed by atoms with Crippen molar-refractivity contribution in [1.29, 1.82) is 0 Å². The maximum absolute atomic E-state index is 13.0. The van der Waals surface area contributed by atoms with Gasteiger partial charge in [-0.25, -0.2) is 13.1 Å².